The van der Waals surface area contributed by atoms with Crippen LogP contribution in [0, 0.1) is 6.92 Å². The Bertz CT molecular complexity index is 513. The number of aliphatic hydroxyl groups is 1. The van der Waals surface area contributed by atoms with Gasteiger partial charge in [0.15, 0.2) is 0 Å². The molecule has 2 rings (SSSR count). The van der Waals surface area contributed by atoms with Gasteiger partial charge in [-0.2, -0.15) is 0 Å². The number of aromatic nitrogens is 1. The second-order valence-corrected chi connectivity index (χ2v) is 4.60. The van der Waals surface area contributed by atoms with Crippen molar-refractivity contribution in [3.63, 3.8) is 0 Å². The van der Waals surface area contributed by atoms with Gasteiger partial charge in [0.05, 0.1) is 31.5 Å². The average molecular weight is 283 g/mol. The predicted octanol–water partition coefficient (Wildman–Crippen LogP) is 0.246. The highest BCUT2D eigenvalue weighted by Crippen LogP contribution is 2.18. The molecule has 4 N–H and O–H groups in total. The van der Waals surface area contributed by atoms with Gasteiger partial charge in [-0.25, -0.2) is 9.59 Å². The van der Waals surface area contributed by atoms with Crippen LogP contribution < -0.4 is 5.32 Å². The molecular weight excluding hydrogens is 266 g/mol. The fourth-order valence-electron chi connectivity index (χ4n) is 2.07. The summed E-state index contributed by atoms with van der Waals surface area (Å²) in [4.78, 5) is 27.3. The summed E-state index contributed by atoms with van der Waals surface area (Å²) < 4.78 is 5.25. The summed E-state index contributed by atoms with van der Waals surface area (Å²) >= 11 is 0. The first-order valence-electron chi connectivity index (χ1n) is 6.22. The summed E-state index contributed by atoms with van der Waals surface area (Å²) in [6.07, 6.45) is -0.401. The van der Waals surface area contributed by atoms with Gasteiger partial charge in [0.1, 0.15) is 5.69 Å². The Morgan fingerprint density at radius 2 is 2.35 bits per heavy atom. The Labute approximate surface area is 115 Å². The van der Waals surface area contributed by atoms with Crippen LogP contribution in [-0.4, -0.2) is 64.5 Å². The van der Waals surface area contributed by atoms with Gasteiger partial charge in [-0.15, -0.1) is 0 Å². The SMILES string of the molecule is Cc1cc(NC(=O)N2CCOC(CO)C2)c(C(=O)O)[nH]1. The number of nitrogens with one attached hydrogen (secondary N) is 2. The van der Waals surface area contributed by atoms with E-state index in [-0.39, 0.29) is 24.5 Å². The van der Waals surface area contributed by atoms with Gasteiger partial charge in [-0.3, -0.25) is 0 Å². The van der Waals surface area contributed by atoms with Crippen LogP contribution in [0.15, 0.2) is 6.07 Å². The molecule has 1 aliphatic heterocycles. The van der Waals surface area contributed by atoms with E-state index in [1.807, 2.05) is 0 Å². The number of aromatic carboxylic acids is 1. The topological polar surface area (TPSA) is 115 Å². The number of carboxylic acid groups (broad SMARTS) is 1. The van der Waals surface area contributed by atoms with Gasteiger partial charge in [-0.1, -0.05) is 0 Å². The number of anilines is 1. The van der Waals surface area contributed by atoms with Crippen LogP contribution in [0.2, 0.25) is 0 Å². The molecule has 0 radical (unpaired) electrons. The summed E-state index contributed by atoms with van der Waals surface area (Å²) in [5.74, 6) is -1.14. The monoisotopic (exact) mass is 283 g/mol. The van der Waals surface area contributed by atoms with E-state index < -0.39 is 18.1 Å². The number of aromatic amines is 1. The molecule has 1 fully saturated rings. The van der Waals surface area contributed by atoms with E-state index in [2.05, 4.69) is 10.3 Å². The zero-order valence-corrected chi connectivity index (χ0v) is 11.0. The number of hydrogen-bond acceptors (Lipinski definition) is 4. The van der Waals surface area contributed by atoms with Crippen LogP contribution in [0.4, 0.5) is 10.5 Å². The number of carbonyl (C=O) groups is 2. The van der Waals surface area contributed by atoms with Crippen molar-refractivity contribution in [1.82, 2.24) is 9.88 Å². The number of aliphatic hydroxyl groups excluding tert-OH is 1. The number of aryl methyl sites for hydroxylation is 1. The van der Waals surface area contributed by atoms with Crippen molar-refractivity contribution in [2.75, 3.05) is 31.6 Å². The Kier molecular flexibility index (Phi) is 4.26. The molecule has 1 atom stereocenters. The second-order valence-electron chi connectivity index (χ2n) is 4.60. The van der Waals surface area contributed by atoms with E-state index in [4.69, 9.17) is 14.9 Å². The van der Waals surface area contributed by atoms with Gasteiger partial charge in [0.2, 0.25) is 0 Å². The van der Waals surface area contributed by atoms with Gasteiger partial charge >= 0.3 is 12.0 Å². The van der Waals surface area contributed by atoms with Crippen molar-refractivity contribution in [2.45, 2.75) is 13.0 Å². The summed E-state index contributed by atoms with van der Waals surface area (Å²) in [6, 6.07) is 1.15. The molecule has 0 bridgehead atoms. The number of rotatable bonds is 3. The maximum Gasteiger partial charge on any atom is 0.354 e. The largest absolute Gasteiger partial charge is 0.477 e. The number of hydrogen-bond donors (Lipinski definition) is 4. The minimum absolute atomic E-state index is 0.0529. The van der Waals surface area contributed by atoms with E-state index in [0.717, 1.165) is 0 Å². The van der Waals surface area contributed by atoms with E-state index >= 15 is 0 Å². The standard InChI is InChI=1S/C12H17N3O5/c1-7-4-9(10(13-7)11(17)18)14-12(19)15-2-3-20-8(5-15)6-16/h4,8,13,16H,2-3,5-6H2,1H3,(H,14,19)(H,17,18). The molecule has 110 valence electrons. The van der Waals surface area contributed by atoms with E-state index in [1.54, 1.807) is 13.0 Å². The third kappa shape index (κ3) is 3.09. The Morgan fingerprint density at radius 3 is 3.00 bits per heavy atom. The number of amides is 2. The average Bonchev–Trinajstić information content (AvgIpc) is 2.80. The predicted molar refractivity (Wildman–Crippen MR) is 69.9 cm³/mol. The number of nitrogens with zero attached hydrogens (tertiary/aromatic N) is 1. The second kappa shape index (κ2) is 5.93. The molecular formula is C12H17N3O5. The number of urea groups is 1. The molecule has 2 amide bonds. The molecule has 1 aliphatic rings. The lowest BCUT2D eigenvalue weighted by molar-refractivity contribution is -0.0388. The lowest BCUT2D eigenvalue weighted by atomic mass is 10.3. The van der Waals surface area contributed by atoms with Gasteiger partial charge in [0.25, 0.3) is 0 Å². The van der Waals surface area contributed by atoms with E-state index in [1.165, 1.54) is 4.90 Å². The molecule has 0 spiro atoms. The minimum atomic E-state index is -1.14. The van der Waals surface area contributed by atoms with Crippen molar-refractivity contribution in [3.05, 3.63) is 17.5 Å². The van der Waals surface area contributed by atoms with Crippen LogP contribution in [0.1, 0.15) is 16.2 Å². The molecule has 1 aromatic rings. The maximum absolute atomic E-state index is 12.1. The van der Waals surface area contributed by atoms with Crippen molar-refractivity contribution < 1.29 is 24.5 Å². The van der Waals surface area contributed by atoms with Crippen LogP contribution >= 0.6 is 0 Å². The van der Waals surface area contributed by atoms with E-state index in [9.17, 15) is 9.59 Å². The molecule has 8 heteroatoms. The molecule has 1 saturated heterocycles. The summed E-state index contributed by atoms with van der Waals surface area (Å²) in [5, 5.41) is 20.6. The molecule has 0 aromatic carbocycles. The van der Waals surface area contributed by atoms with Crippen LogP contribution in [0.3, 0.4) is 0 Å². The number of ether oxygens (including phenoxy) is 1. The molecule has 1 aromatic heterocycles. The zero-order valence-electron chi connectivity index (χ0n) is 11.0. The lowest BCUT2D eigenvalue weighted by Crippen LogP contribution is -2.48. The highest BCUT2D eigenvalue weighted by Gasteiger charge is 2.25. The molecule has 20 heavy (non-hydrogen) atoms. The van der Waals surface area contributed by atoms with Crippen LogP contribution in [0.5, 0.6) is 0 Å². The van der Waals surface area contributed by atoms with E-state index in [0.29, 0.717) is 18.8 Å². The Balaban J connectivity index is 2.06. The highest BCUT2D eigenvalue weighted by molar-refractivity contribution is 5.99. The van der Waals surface area contributed by atoms with Crippen LogP contribution in [-0.2, 0) is 4.74 Å². The highest BCUT2D eigenvalue weighted by atomic mass is 16.5. The summed E-state index contributed by atoms with van der Waals surface area (Å²) in [6.45, 7) is 2.56. The maximum atomic E-state index is 12.1. The fourth-order valence-corrected chi connectivity index (χ4v) is 2.07. The smallest absolute Gasteiger partial charge is 0.354 e. The first kappa shape index (κ1) is 14.4. The summed E-state index contributed by atoms with van der Waals surface area (Å²) in [5.41, 5.74) is 0.822. The molecule has 2 heterocycles. The van der Waals surface area contributed by atoms with Crippen molar-refractivity contribution in [1.29, 1.82) is 0 Å². The molecule has 8 nitrogen and oxygen atoms in total. The van der Waals surface area contributed by atoms with Crippen LogP contribution in [0.25, 0.3) is 0 Å². The molecule has 0 aliphatic carbocycles. The third-order valence-corrected chi connectivity index (χ3v) is 3.04. The van der Waals surface area contributed by atoms with Gasteiger partial charge in [-0.05, 0) is 13.0 Å². The quantitative estimate of drug-likeness (QED) is 0.634. The van der Waals surface area contributed by atoms with Crippen molar-refractivity contribution in [2.24, 2.45) is 0 Å². The van der Waals surface area contributed by atoms with Crippen molar-refractivity contribution >= 4 is 17.7 Å². The van der Waals surface area contributed by atoms with Crippen molar-refractivity contribution in [3.8, 4) is 0 Å². The normalized spacial score (nSPS) is 18.9. The number of carbonyl (C=O) groups excluding carboxylic acids is 1. The number of carboxylic acids is 1. The Morgan fingerprint density at radius 1 is 1.60 bits per heavy atom. The van der Waals surface area contributed by atoms with Gasteiger partial charge < -0.3 is 30.2 Å². The Hall–Kier alpha value is -2.06. The first-order valence-corrected chi connectivity index (χ1v) is 6.22. The fraction of sp³-hybridized carbons (Fsp3) is 0.500. The van der Waals surface area contributed by atoms with Gasteiger partial charge in [0, 0.05) is 12.2 Å². The lowest BCUT2D eigenvalue weighted by Gasteiger charge is -2.31. The molecule has 0 saturated carbocycles. The zero-order chi connectivity index (χ0) is 14.7. The number of H-pyrrole nitrogens is 1. The number of morpholine rings is 1. The summed E-state index contributed by atoms with van der Waals surface area (Å²) in [7, 11) is 0. The first-order chi connectivity index (χ1) is 9.51. The minimum Gasteiger partial charge on any atom is -0.477 e. The molecule has 1 unspecified atom stereocenters. The third-order valence-electron chi connectivity index (χ3n) is 3.04.